The highest BCUT2D eigenvalue weighted by molar-refractivity contribution is 6.01. The molecule has 1 aromatic heterocycles. The fourth-order valence-electron chi connectivity index (χ4n) is 4.87. The lowest BCUT2D eigenvalue weighted by molar-refractivity contribution is -0.142. The van der Waals surface area contributed by atoms with E-state index in [4.69, 9.17) is 4.42 Å². The van der Waals surface area contributed by atoms with E-state index in [-0.39, 0.29) is 11.3 Å². The van der Waals surface area contributed by atoms with Gasteiger partial charge < -0.3 is 46.5 Å². The van der Waals surface area contributed by atoms with Crippen LogP contribution in [0.2, 0.25) is 0 Å². The molecule has 18 heteroatoms. The summed E-state index contributed by atoms with van der Waals surface area (Å²) in [4.78, 5) is 112. The van der Waals surface area contributed by atoms with Gasteiger partial charge in [0, 0.05) is 30.1 Å². The summed E-state index contributed by atoms with van der Waals surface area (Å²) in [5.41, 5.74) is 0.340. The molecule has 0 aliphatic carbocycles. The number of fused-ring (bicyclic) bond motifs is 1. The Morgan fingerprint density at radius 3 is 1.71 bits per heavy atom. The van der Waals surface area contributed by atoms with Gasteiger partial charge in [0.2, 0.25) is 35.4 Å². The van der Waals surface area contributed by atoms with Crippen molar-refractivity contribution in [3.05, 3.63) is 40.2 Å². The van der Waals surface area contributed by atoms with Crippen molar-refractivity contribution in [2.75, 3.05) is 5.32 Å². The first kappa shape index (κ1) is 41.4. The molecule has 0 saturated heterocycles. The minimum atomic E-state index is -1.64. The van der Waals surface area contributed by atoms with Crippen molar-refractivity contribution in [3.63, 3.8) is 0 Å². The number of carboxylic acids is 2. The SMILES string of the molecule is CC(=O)N[C@H](C(=O)N[C@@H](CC(=O)O)C(=O)N[C@H](C(=O)N[C@@H](C)C(=O)N[C@@H](CC(=O)O)C(=O)Nc1ccc2c(C)cc(=O)oc2c1)C(C)C)C(C)C. The van der Waals surface area contributed by atoms with Gasteiger partial charge in [-0.3, -0.25) is 38.4 Å². The Morgan fingerprint density at radius 2 is 1.18 bits per heavy atom. The van der Waals surface area contributed by atoms with Crippen LogP contribution in [0.3, 0.4) is 0 Å². The number of nitrogens with one attached hydrogen (secondary N) is 6. The van der Waals surface area contributed by atoms with Crippen molar-refractivity contribution in [2.24, 2.45) is 11.8 Å². The molecule has 0 unspecified atom stereocenters. The number of anilines is 1. The number of carbonyl (C=O) groups is 8. The van der Waals surface area contributed by atoms with Crippen LogP contribution in [-0.2, 0) is 38.4 Å². The van der Waals surface area contributed by atoms with Crippen LogP contribution in [0.4, 0.5) is 5.69 Å². The third-order valence-corrected chi connectivity index (χ3v) is 7.55. The van der Waals surface area contributed by atoms with Gasteiger partial charge in [-0.2, -0.15) is 0 Å². The van der Waals surface area contributed by atoms with Crippen LogP contribution in [0.15, 0.2) is 33.5 Å². The molecule has 2 aromatic rings. The summed E-state index contributed by atoms with van der Waals surface area (Å²) < 4.78 is 5.16. The van der Waals surface area contributed by atoms with E-state index >= 15 is 0 Å². The second-order valence-electron chi connectivity index (χ2n) is 12.6. The van der Waals surface area contributed by atoms with Gasteiger partial charge in [0.05, 0.1) is 12.8 Å². The molecule has 8 N–H and O–H groups in total. The van der Waals surface area contributed by atoms with E-state index < -0.39 is 108 Å². The normalized spacial score (nSPS) is 14.0. The largest absolute Gasteiger partial charge is 0.481 e. The van der Waals surface area contributed by atoms with Crippen molar-refractivity contribution in [1.82, 2.24) is 26.6 Å². The molecule has 5 atom stereocenters. The Kier molecular flexibility index (Phi) is 14.8. The van der Waals surface area contributed by atoms with Crippen molar-refractivity contribution in [3.8, 4) is 0 Å². The number of aliphatic carboxylic acids is 2. The smallest absolute Gasteiger partial charge is 0.336 e. The van der Waals surface area contributed by atoms with Crippen LogP contribution >= 0.6 is 0 Å². The molecule has 1 heterocycles. The molecule has 0 aliphatic rings. The highest BCUT2D eigenvalue weighted by atomic mass is 16.4. The fraction of sp³-hybridized carbons (Fsp3) is 0.485. The van der Waals surface area contributed by atoms with Gasteiger partial charge in [-0.25, -0.2) is 4.79 Å². The van der Waals surface area contributed by atoms with Gasteiger partial charge in [0.15, 0.2) is 0 Å². The lowest BCUT2D eigenvalue weighted by atomic mass is 10.0. The van der Waals surface area contributed by atoms with Gasteiger partial charge in [0.1, 0.15) is 35.8 Å². The first-order valence-electron chi connectivity index (χ1n) is 16.0. The summed E-state index contributed by atoms with van der Waals surface area (Å²) in [5.74, 6) is -9.02. The van der Waals surface area contributed by atoms with Crippen LogP contribution in [0.1, 0.15) is 59.9 Å². The minimum absolute atomic E-state index is 0.148. The van der Waals surface area contributed by atoms with Crippen molar-refractivity contribution in [1.29, 1.82) is 0 Å². The van der Waals surface area contributed by atoms with Gasteiger partial charge in [-0.05, 0) is 43.4 Å². The van der Waals surface area contributed by atoms with Crippen molar-refractivity contribution in [2.45, 2.75) is 91.5 Å². The molecular formula is C33H44N6O12. The predicted molar refractivity (Wildman–Crippen MR) is 181 cm³/mol. The number of amides is 6. The molecular weight excluding hydrogens is 672 g/mol. The summed E-state index contributed by atoms with van der Waals surface area (Å²) in [5, 5.41) is 33.6. The lowest BCUT2D eigenvalue weighted by Gasteiger charge is -2.28. The van der Waals surface area contributed by atoms with E-state index in [1.807, 2.05) is 0 Å². The summed E-state index contributed by atoms with van der Waals surface area (Å²) in [7, 11) is 0. The van der Waals surface area contributed by atoms with Crippen LogP contribution in [0.25, 0.3) is 11.0 Å². The number of hydrogen-bond acceptors (Lipinski definition) is 10. The van der Waals surface area contributed by atoms with Gasteiger partial charge in [-0.15, -0.1) is 0 Å². The van der Waals surface area contributed by atoms with E-state index in [9.17, 15) is 53.4 Å². The maximum absolute atomic E-state index is 13.3. The zero-order valence-corrected chi connectivity index (χ0v) is 29.2. The topological polar surface area (TPSA) is 279 Å². The number of carboxylic acid groups (broad SMARTS) is 2. The maximum atomic E-state index is 13.3. The fourth-order valence-corrected chi connectivity index (χ4v) is 4.87. The quantitative estimate of drug-likeness (QED) is 0.0986. The number of hydrogen-bond donors (Lipinski definition) is 8. The monoisotopic (exact) mass is 716 g/mol. The standard InChI is InChI=1S/C33H44N6O12/c1-14(2)27(35-18(7)40)33(50)38-22(13-25(43)44)31(48)39-28(15(3)4)32(49)34-17(6)29(46)37-21(12-24(41)42)30(47)36-19-8-9-20-16(5)10-26(45)51-23(20)11-19/h8-11,14-15,17,21-22,27-28H,12-13H2,1-7H3,(H,34,49)(H,35,40)(H,36,47)(H,37,46)(H,38,50)(H,39,48)(H,41,42)(H,43,44)/t17-,21-,22-,27-,28-/m0/s1. The Balaban J connectivity index is 2.16. The summed E-state index contributed by atoms with van der Waals surface area (Å²) in [6.07, 6.45) is -1.69. The zero-order valence-electron chi connectivity index (χ0n) is 29.2. The highest BCUT2D eigenvalue weighted by Crippen LogP contribution is 2.21. The highest BCUT2D eigenvalue weighted by Gasteiger charge is 2.34. The Labute approximate surface area is 292 Å². The van der Waals surface area contributed by atoms with Crippen LogP contribution in [-0.4, -0.2) is 87.8 Å². The molecule has 18 nitrogen and oxygen atoms in total. The Bertz CT molecular complexity index is 1740. The average Bonchev–Trinajstić information content (AvgIpc) is 3.00. The van der Waals surface area contributed by atoms with Crippen LogP contribution in [0, 0.1) is 18.8 Å². The zero-order chi connectivity index (χ0) is 38.7. The third kappa shape index (κ3) is 12.5. The van der Waals surface area contributed by atoms with Gasteiger partial charge in [0.25, 0.3) is 0 Å². The summed E-state index contributed by atoms with van der Waals surface area (Å²) in [6.45, 7) is 10.5. The first-order chi connectivity index (χ1) is 23.7. The second-order valence-corrected chi connectivity index (χ2v) is 12.6. The molecule has 6 amide bonds. The van der Waals surface area contributed by atoms with Crippen LogP contribution < -0.4 is 37.5 Å². The number of benzene rings is 1. The second kappa shape index (κ2) is 18.3. The van der Waals surface area contributed by atoms with Crippen molar-refractivity contribution >= 4 is 64.0 Å². The first-order valence-corrected chi connectivity index (χ1v) is 16.0. The number of carbonyl (C=O) groups excluding carboxylic acids is 6. The van der Waals surface area contributed by atoms with Crippen molar-refractivity contribution < 1.29 is 53.0 Å². The molecule has 51 heavy (non-hydrogen) atoms. The van der Waals surface area contributed by atoms with E-state index in [1.165, 1.54) is 32.0 Å². The predicted octanol–water partition coefficient (Wildman–Crippen LogP) is -0.235. The summed E-state index contributed by atoms with van der Waals surface area (Å²) >= 11 is 0. The number of rotatable bonds is 17. The van der Waals surface area contributed by atoms with E-state index in [1.54, 1.807) is 40.7 Å². The lowest BCUT2D eigenvalue weighted by Crippen LogP contribution is -2.60. The minimum Gasteiger partial charge on any atom is -0.481 e. The third-order valence-electron chi connectivity index (χ3n) is 7.55. The molecule has 0 radical (unpaired) electrons. The van der Waals surface area contributed by atoms with E-state index in [0.29, 0.717) is 10.9 Å². The van der Waals surface area contributed by atoms with E-state index in [0.717, 1.165) is 0 Å². The molecule has 0 saturated carbocycles. The summed E-state index contributed by atoms with van der Waals surface area (Å²) in [6, 6.07) is -1.30. The molecule has 0 spiro atoms. The van der Waals surface area contributed by atoms with Crippen LogP contribution in [0.5, 0.6) is 0 Å². The molecule has 0 aliphatic heterocycles. The van der Waals surface area contributed by atoms with E-state index in [2.05, 4.69) is 31.9 Å². The average molecular weight is 717 g/mol. The molecule has 2 rings (SSSR count). The molecule has 1 aromatic carbocycles. The Morgan fingerprint density at radius 1 is 0.667 bits per heavy atom. The number of aryl methyl sites for hydroxylation is 1. The molecule has 278 valence electrons. The van der Waals surface area contributed by atoms with Gasteiger partial charge >= 0.3 is 17.6 Å². The molecule has 0 bridgehead atoms. The molecule has 0 fully saturated rings. The Hall–Kier alpha value is -5.81. The maximum Gasteiger partial charge on any atom is 0.336 e. The van der Waals surface area contributed by atoms with Gasteiger partial charge in [-0.1, -0.05) is 27.7 Å².